The molecule has 2 amide bonds. The molecule has 0 spiro atoms. The Hall–Kier alpha value is -3.37. The summed E-state index contributed by atoms with van der Waals surface area (Å²) in [6, 6.07) is 9.14. The molecule has 0 bridgehead atoms. The summed E-state index contributed by atoms with van der Waals surface area (Å²) in [4.78, 5) is 48.0. The molecule has 2 aromatic heterocycles. The van der Waals surface area contributed by atoms with Crippen molar-refractivity contribution in [3.8, 4) is 0 Å². The maximum Gasteiger partial charge on any atom is 0.313 e. The zero-order valence-electron chi connectivity index (χ0n) is 15.1. The third kappa shape index (κ3) is 4.92. The van der Waals surface area contributed by atoms with E-state index in [1.807, 2.05) is 5.38 Å². The SMILES string of the molecule is Cc1ccc([N+](=O)[O-])cc1NC(=O)C(=O)NCc1ccc(C(=O)c2ccsc2)s1. The van der Waals surface area contributed by atoms with Gasteiger partial charge in [-0.1, -0.05) is 6.07 Å². The average Bonchev–Trinajstić information content (AvgIpc) is 3.39. The number of amides is 2. The van der Waals surface area contributed by atoms with Crippen LogP contribution in [0.3, 0.4) is 0 Å². The van der Waals surface area contributed by atoms with E-state index in [1.54, 1.807) is 30.5 Å². The molecule has 8 nitrogen and oxygen atoms in total. The number of nitro groups is 1. The number of ketones is 1. The number of nitro benzene ring substituents is 1. The molecule has 10 heteroatoms. The first-order chi connectivity index (χ1) is 13.8. The van der Waals surface area contributed by atoms with E-state index in [0.717, 1.165) is 4.88 Å². The standard InChI is InChI=1S/C19H15N3O5S2/c1-11-2-3-13(22(26)27)8-15(11)21-19(25)18(24)20-9-14-4-5-16(29-14)17(23)12-6-7-28-10-12/h2-8,10H,9H2,1H3,(H,20,24)(H,21,25). The molecule has 0 aliphatic rings. The van der Waals surface area contributed by atoms with Crippen LogP contribution in [0.15, 0.2) is 47.2 Å². The van der Waals surface area contributed by atoms with Gasteiger partial charge in [0.1, 0.15) is 0 Å². The van der Waals surface area contributed by atoms with Gasteiger partial charge >= 0.3 is 11.8 Å². The van der Waals surface area contributed by atoms with E-state index in [-0.39, 0.29) is 23.7 Å². The van der Waals surface area contributed by atoms with Crippen molar-refractivity contribution in [2.75, 3.05) is 5.32 Å². The first kappa shape index (κ1) is 20.4. The lowest BCUT2D eigenvalue weighted by molar-refractivity contribution is -0.384. The van der Waals surface area contributed by atoms with Gasteiger partial charge in [-0.2, -0.15) is 11.3 Å². The molecule has 0 saturated carbocycles. The van der Waals surface area contributed by atoms with E-state index < -0.39 is 16.7 Å². The minimum atomic E-state index is -0.931. The Bertz CT molecular complexity index is 1090. The van der Waals surface area contributed by atoms with Crippen LogP contribution in [0.1, 0.15) is 25.7 Å². The minimum Gasteiger partial charge on any atom is -0.343 e. The molecule has 2 N–H and O–H groups in total. The normalized spacial score (nSPS) is 10.4. The van der Waals surface area contributed by atoms with Crippen molar-refractivity contribution in [3.05, 3.63) is 78.2 Å². The zero-order valence-corrected chi connectivity index (χ0v) is 16.8. The van der Waals surface area contributed by atoms with Gasteiger partial charge in [0.2, 0.25) is 5.78 Å². The third-order valence-corrected chi connectivity index (χ3v) is 5.75. The van der Waals surface area contributed by atoms with Gasteiger partial charge in [-0.25, -0.2) is 0 Å². The summed E-state index contributed by atoms with van der Waals surface area (Å²) >= 11 is 2.67. The molecule has 0 radical (unpaired) electrons. The van der Waals surface area contributed by atoms with E-state index in [1.165, 1.54) is 40.9 Å². The van der Waals surface area contributed by atoms with Crippen LogP contribution in [-0.4, -0.2) is 22.5 Å². The fraction of sp³-hybridized carbons (Fsp3) is 0.105. The molecule has 29 heavy (non-hydrogen) atoms. The number of carbonyl (C=O) groups is 3. The van der Waals surface area contributed by atoms with Crippen LogP contribution in [0, 0.1) is 17.0 Å². The van der Waals surface area contributed by atoms with E-state index >= 15 is 0 Å². The first-order valence-electron chi connectivity index (χ1n) is 8.35. The van der Waals surface area contributed by atoms with Crippen molar-refractivity contribution in [2.24, 2.45) is 0 Å². The van der Waals surface area contributed by atoms with Crippen molar-refractivity contribution in [2.45, 2.75) is 13.5 Å². The highest BCUT2D eigenvalue weighted by molar-refractivity contribution is 7.14. The summed E-state index contributed by atoms with van der Waals surface area (Å²) in [6.07, 6.45) is 0. The van der Waals surface area contributed by atoms with Gasteiger partial charge in [0.15, 0.2) is 0 Å². The van der Waals surface area contributed by atoms with Crippen molar-refractivity contribution in [3.63, 3.8) is 0 Å². The quantitative estimate of drug-likeness (QED) is 0.269. The van der Waals surface area contributed by atoms with E-state index in [9.17, 15) is 24.5 Å². The Balaban J connectivity index is 1.58. The number of carbonyl (C=O) groups excluding carboxylic acids is 3. The van der Waals surface area contributed by atoms with Crippen molar-refractivity contribution < 1.29 is 19.3 Å². The number of thiophene rings is 2. The summed E-state index contributed by atoms with van der Waals surface area (Å²) in [7, 11) is 0. The summed E-state index contributed by atoms with van der Waals surface area (Å²) in [5.41, 5.74) is 1.21. The maximum absolute atomic E-state index is 12.3. The number of non-ortho nitro benzene ring substituents is 1. The van der Waals surface area contributed by atoms with Crippen LogP contribution in [0.5, 0.6) is 0 Å². The Morgan fingerprint density at radius 2 is 1.90 bits per heavy atom. The summed E-state index contributed by atoms with van der Waals surface area (Å²) in [5.74, 6) is -1.90. The Morgan fingerprint density at radius 1 is 1.10 bits per heavy atom. The monoisotopic (exact) mass is 429 g/mol. The minimum absolute atomic E-state index is 0.0851. The molecule has 2 heterocycles. The van der Waals surface area contributed by atoms with Gasteiger partial charge in [0.05, 0.1) is 22.0 Å². The summed E-state index contributed by atoms with van der Waals surface area (Å²) in [5, 5.41) is 19.3. The highest BCUT2D eigenvalue weighted by atomic mass is 32.1. The smallest absolute Gasteiger partial charge is 0.313 e. The van der Waals surface area contributed by atoms with E-state index in [4.69, 9.17) is 0 Å². The molecule has 0 fully saturated rings. The van der Waals surface area contributed by atoms with Gasteiger partial charge in [-0.3, -0.25) is 24.5 Å². The van der Waals surface area contributed by atoms with Gasteiger partial charge in [-0.05, 0) is 36.1 Å². The number of hydrogen-bond donors (Lipinski definition) is 2. The summed E-state index contributed by atoms with van der Waals surface area (Å²) < 4.78 is 0. The highest BCUT2D eigenvalue weighted by Gasteiger charge is 2.18. The first-order valence-corrected chi connectivity index (χ1v) is 10.1. The second-order valence-corrected chi connectivity index (χ2v) is 7.95. The van der Waals surface area contributed by atoms with Gasteiger partial charge < -0.3 is 10.6 Å². The molecule has 3 rings (SSSR count). The Labute approximate surface area is 173 Å². The molecule has 3 aromatic rings. The van der Waals surface area contributed by atoms with Crippen LogP contribution < -0.4 is 10.6 Å². The van der Waals surface area contributed by atoms with Crippen molar-refractivity contribution in [1.29, 1.82) is 0 Å². The van der Waals surface area contributed by atoms with Crippen molar-refractivity contribution in [1.82, 2.24) is 5.32 Å². The Morgan fingerprint density at radius 3 is 2.59 bits per heavy atom. The van der Waals surface area contributed by atoms with Crippen LogP contribution in [0.2, 0.25) is 0 Å². The number of benzene rings is 1. The maximum atomic E-state index is 12.3. The van der Waals surface area contributed by atoms with Crippen LogP contribution >= 0.6 is 22.7 Å². The Kier molecular flexibility index (Phi) is 6.15. The number of aryl methyl sites for hydroxylation is 1. The molecule has 0 unspecified atom stereocenters. The highest BCUT2D eigenvalue weighted by Crippen LogP contribution is 2.22. The molecule has 148 valence electrons. The van der Waals surface area contributed by atoms with Crippen LogP contribution in [0.25, 0.3) is 0 Å². The fourth-order valence-electron chi connectivity index (χ4n) is 2.42. The predicted molar refractivity (Wildman–Crippen MR) is 110 cm³/mol. The van der Waals surface area contributed by atoms with Gasteiger partial charge in [0, 0.05) is 28.0 Å². The number of anilines is 1. The predicted octanol–water partition coefficient (Wildman–Crippen LogP) is 3.51. The number of hydrogen-bond acceptors (Lipinski definition) is 7. The topological polar surface area (TPSA) is 118 Å². The molecule has 0 aliphatic heterocycles. The number of nitrogens with zero attached hydrogens (tertiary/aromatic N) is 1. The van der Waals surface area contributed by atoms with Gasteiger partial charge in [-0.15, -0.1) is 11.3 Å². The lowest BCUT2D eigenvalue weighted by atomic mass is 10.2. The molecular formula is C19H15N3O5S2. The average molecular weight is 429 g/mol. The lowest BCUT2D eigenvalue weighted by Gasteiger charge is -2.08. The molecule has 1 aromatic carbocycles. The largest absolute Gasteiger partial charge is 0.343 e. The lowest BCUT2D eigenvalue weighted by Crippen LogP contribution is -2.34. The van der Waals surface area contributed by atoms with E-state index in [2.05, 4.69) is 10.6 Å². The second-order valence-electron chi connectivity index (χ2n) is 6.00. The molecular weight excluding hydrogens is 414 g/mol. The van der Waals surface area contributed by atoms with Crippen LogP contribution in [0.4, 0.5) is 11.4 Å². The molecule has 0 aliphatic carbocycles. The summed E-state index contributed by atoms with van der Waals surface area (Å²) in [6.45, 7) is 1.75. The van der Waals surface area contributed by atoms with Gasteiger partial charge in [0.25, 0.3) is 5.69 Å². The molecule has 0 atom stereocenters. The zero-order chi connectivity index (χ0) is 21.0. The molecule has 0 saturated heterocycles. The third-order valence-electron chi connectivity index (χ3n) is 3.98. The van der Waals surface area contributed by atoms with Crippen molar-refractivity contribution >= 4 is 51.6 Å². The number of rotatable bonds is 6. The van der Waals surface area contributed by atoms with Crippen LogP contribution in [-0.2, 0) is 16.1 Å². The van der Waals surface area contributed by atoms with E-state index in [0.29, 0.717) is 16.0 Å². The fourth-order valence-corrected chi connectivity index (χ4v) is 3.96. The number of nitrogens with one attached hydrogen (secondary N) is 2. The second kappa shape index (κ2) is 8.76.